The smallest absolute Gasteiger partial charge is 0.397 e. The van der Waals surface area contributed by atoms with Crippen LogP contribution in [-0.2, 0) is 6.42 Å². The molecule has 156 valence electrons. The number of pyridine rings is 1. The van der Waals surface area contributed by atoms with Crippen molar-refractivity contribution in [2.45, 2.75) is 25.1 Å². The number of imidazole rings is 1. The van der Waals surface area contributed by atoms with Crippen LogP contribution in [0, 0.1) is 5.82 Å². The molecule has 0 saturated carbocycles. The van der Waals surface area contributed by atoms with E-state index >= 15 is 0 Å². The molecular weight excluding hydrogens is 400 g/mol. The summed E-state index contributed by atoms with van der Waals surface area (Å²) in [7, 11) is 0. The lowest BCUT2D eigenvalue weighted by Gasteiger charge is -2.14. The highest BCUT2D eigenvalue weighted by atomic mass is 19.4. The number of hydrazine groups is 1. The second kappa shape index (κ2) is 7.45. The molecule has 1 aromatic carbocycles. The molecule has 0 saturated heterocycles. The van der Waals surface area contributed by atoms with Gasteiger partial charge in [-0.05, 0) is 48.2 Å². The van der Waals surface area contributed by atoms with Gasteiger partial charge in [-0.15, -0.1) is 0 Å². The Bertz CT molecular complexity index is 1120. The van der Waals surface area contributed by atoms with Crippen molar-refractivity contribution in [2.24, 2.45) is 11.6 Å². The third-order valence-corrected chi connectivity index (χ3v) is 5.15. The Morgan fingerprint density at radius 2 is 1.93 bits per heavy atom. The van der Waals surface area contributed by atoms with Crippen LogP contribution >= 0.6 is 0 Å². The average Bonchev–Trinajstić information content (AvgIpc) is 3.34. The van der Waals surface area contributed by atoms with Gasteiger partial charge in [0.15, 0.2) is 5.70 Å². The Labute approximate surface area is 169 Å². The number of rotatable bonds is 4. The first-order valence-electron chi connectivity index (χ1n) is 9.10. The molecule has 0 fully saturated rings. The molecule has 0 spiro atoms. The van der Waals surface area contributed by atoms with Gasteiger partial charge in [-0.1, -0.05) is 6.07 Å². The van der Waals surface area contributed by atoms with Crippen molar-refractivity contribution in [3.8, 4) is 11.4 Å². The van der Waals surface area contributed by atoms with E-state index in [-0.39, 0.29) is 17.4 Å². The van der Waals surface area contributed by atoms with Crippen molar-refractivity contribution in [3.05, 3.63) is 77.3 Å². The zero-order valence-corrected chi connectivity index (χ0v) is 15.6. The molecule has 10 heteroatoms. The molecule has 3 aromatic rings. The van der Waals surface area contributed by atoms with Crippen molar-refractivity contribution < 1.29 is 17.6 Å². The number of halogens is 4. The predicted octanol–water partition coefficient (Wildman–Crippen LogP) is 3.27. The van der Waals surface area contributed by atoms with E-state index in [1.54, 1.807) is 24.0 Å². The largest absolute Gasteiger partial charge is 0.434 e. The molecule has 0 bridgehead atoms. The predicted molar refractivity (Wildman–Crippen MR) is 103 cm³/mol. The molecule has 0 aliphatic heterocycles. The first-order chi connectivity index (χ1) is 14.3. The Morgan fingerprint density at radius 3 is 2.67 bits per heavy atom. The average molecular weight is 418 g/mol. The van der Waals surface area contributed by atoms with E-state index < -0.39 is 17.6 Å². The van der Waals surface area contributed by atoms with E-state index in [4.69, 9.17) is 11.6 Å². The minimum absolute atomic E-state index is 0.0663. The highest BCUT2D eigenvalue weighted by molar-refractivity contribution is 5.69. The SMILES string of the molecule is NN/C(=C(\N)c1ccnc(-c2cn(C3CCc4ccc(F)cc43)cn2)c1)C(F)(F)F. The van der Waals surface area contributed by atoms with Crippen LogP contribution in [0.15, 0.2) is 54.7 Å². The molecule has 0 amide bonds. The van der Waals surface area contributed by atoms with Crippen LogP contribution in [0.2, 0.25) is 0 Å². The molecule has 4 rings (SSSR count). The minimum atomic E-state index is -4.73. The first-order valence-corrected chi connectivity index (χ1v) is 9.10. The zero-order valence-electron chi connectivity index (χ0n) is 15.6. The van der Waals surface area contributed by atoms with Gasteiger partial charge in [-0.2, -0.15) is 13.2 Å². The monoisotopic (exact) mass is 418 g/mol. The highest BCUT2D eigenvalue weighted by Crippen LogP contribution is 2.35. The van der Waals surface area contributed by atoms with E-state index in [9.17, 15) is 17.6 Å². The highest BCUT2D eigenvalue weighted by Gasteiger charge is 2.36. The van der Waals surface area contributed by atoms with Crippen molar-refractivity contribution in [3.63, 3.8) is 0 Å². The summed E-state index contributed by atoms with van der Waals surface area (Å²) in [6.07, 6.45) is 1.60. The van der Waals surface area contributed by atoms with Gasteiger partial charge in [-0.3, -0.25) is 10.8 Å². The van der Waals surface area contributed by atoms with Gasteiger partial charge >= 0.3 is 6.18 Å². The molecular formula is C20H18F4N6. The Morgan fingerprint density at radius 1 is 1.13 bits per heavy atom. The second-order valence-electron chi connectivity index (χ2n) is 6.96. The summed E-state index contributed by atoms with van der Waals surface area (Å²) in [6, 6.07) is 7.45. The number of hydrogen-bond acceptors (Lipinski definition) is 5. The van der Waals surface area contributed by atoms with Gasteiger partial charge in [0.25, 0.3) is 0 Å². The summed E-state index contributed by atoms with van der Waals surface area (Å²) in [5.41, 5.74) is 8.41. The van der Waals surface area contributed by atoms with Crippen LogP contribution in [0.5, 0.6) is 0 Å². The van der Waals surface area contributed by atoms with E-state index in [1.165, 1.54) is 30.5 Å². The molecule has 1 unspecified atom stereocenters. The van der Waals surface area contributed by atoms with Crippen molar-refractivity contribution >= 4 is 5.70 Å². The fourth-order valence-electron chi connectivity index (χ4n) is 3.70. The number of benzene rings is 1. The number of alkyl halides is 3. The molecule has 2 aromatic heterocycles. The lowest BCUT2D eigenvalue weighted by atomic mass is 10.1. The van der Waals surface area contributed by atoms with Crippen LogP contribution < -0.4 is 17.0 Å². The van der Waals surface area contributed by atoms with Gasteiger partial charge in [0, 0.05) is 18.0 Å². The fraction of sp³-hybridized carbons (Fsp3) is 0.200. The first kappa shape index (κ1) is 19.9. The van der Waals surface area contributed by atoms with Crippen LogP contribution in [-0.4, -0.2) is 20.7 Å². The number of hydrogen-bond donors (Lipinski definition) is 3. The van der Waals surface area contributed by atoms with Gasteiger partial charge in [0.05, 0.1) is 23.8 Å². The standard InChI is InChI=1S/C20H18F4N6/c21-13-3-1-11-2-4-17(14(11)8-13)30-9-16(28-10-30)15-7-12(5-6-27-15)18(25)19(29-26)20(22,23)24/h1,3,5-10,17,29H,2,4,25-26H2/b19-18-. The van der Waals surface area contributed by atoms with E-state index in [1.807, 2.05) is 4.57 Å². The van der Waals surface area contributed by atoms with Crippen LogP contribution in [0.3, 0.4) is 0 Å². The quantitative estimate of drug-likeness (QED) is 0.343. The third kappa shape index (κ3) is 3.61. The molecule has 30 heavy (non-hydrogen) atoms. The molecule has 1 aliphatic carbocycles. The number of aromatic nitrogens is 3. The number of nitrogens with zero attached hydrogens (tertiary/aromatic N) is 3. The van der Waals surface area contributed by atoms with Gasteiger partial charge in [0.1, 0.15) is 11.5 Å². The summed E-state index contributed by atoms with van der Waals surface area (Å²) < 4.78 is 54.7. The summed E-state index contributed by atoms with van der Waals surface area (Å²) in [5, 5.41) is 0. The normalized spacial score (nSPS) is 16.9. The lowest BCUT2D eigenvalue weighted by molar-refractivity contribution is -0.0961. The molecule has 0 radical (unpaired) electrons. The van der Waals surface area contributed by atoms with Gasteiger partial charge < -0.3 is 15.7 Å². The van der Waals surface area contributed by atoms with Crippen LogP contribution in [0.4, 0.5) is 17.6 Å². The zero-order chi connectivity index (χ0) is 21.5. The minimum Gasteiger partial charge on any atom is -0.397 e. The summed E-state index contributed by atoms with van der Waals surface area (Å²) in [5.74, 6) is 4.70. The number of nitrogens with one attached hydrogen (secondary N) is 1. The molecule has 5 N–H and O–H groups in total. The lowest BCUT2D eigenvalue weighted by Crippen LogP contribution is -2.34. The number of nitrogens with two attached hydrogens (primary N) is 2. The maximum Gasteiger partial charge on any atom is 0.434 e. The number of aryl methyl sites for hydroxylation is 1. The third-order valence-electron chi connectivity index (χ3n) is 5.15. The van der Waals surface area contributed by atoms with Crippen molar-refractivity contribution in [2.75, 3.05) is 0 Å². The van der Waals surface area contributed by atoms with E-state index in [2.05, 4.69) is 9.97 Å². The fourth-order valence-corrected chi connectivity index (χ4v) is 3.70. The van der Waals surface area contributed by atoms with Crippen LogP contribution in [0.1, 0.15) is 29.2 Å². The second-order valence-corrected chi connectivity index (χ2v) is 6.96. The Hall–Kier alpha value is -3.40. The van der Waals surface area contributed by atoms with Crippen molar-refractivity contribution in [1.82, 2.24) is 20.0 Å². The van der Waals surface area contributed by atoms with Crippen molar-refractivity contribution in [1.29, 1.82) is 0 Å². The summed E-state index contributed by atoms with van der Waals surface area (Å²) in [4.78, 5) is 8.52. The molecule has 6 nitrogen and oxygen atoms in total. The molecule has 1 atom stereocenters. The molecule has 2 heterocycles. The van der Waals surface area contributed by atoms with E-state index in [0.29, 0.717) is 11.4 Å². The topological polar surface area (TPSA) is 94.8 Å². The van der Waals surface area contributed by atoms with Gasteiger partial charge in [0.2, 0.25) is 0 Å². The van der Waals surface area contributed by atoms with Gasteiger partial charge in [-0.25, -0.2) is 9.37 Å². The maximum atomic E-state index is 13.7. The number of allylic oxidation sites excluding steroid dienone is 1. The number of fused-ring (bicyclic) bond motifs is 1. The maximum absolute atomic E-state index is 13.7. The molecule has 1 aliphatic rings. The van der Waals surface area contributed by atoms with E-state index in [0.717, 1.165) is 24.0 Å². The Kier molecular flexibility index (Phi) is 4.94. The summed E-state index contributed by atoms with van der Waals surface area (Å²) in [6.45, 7) is 0. The summed E-state index contributed by atoms with van der Waals surface area (Å²) >= 11 is 0. The Balaban J connectivity index is 1.67. The van der Waals surface area contributed by atoms with Crippen LogP contribution in [0.25, 0.3) is 17.1 Å².